The summed E-state index contributed by atoms with van der Waals surface area (Å²) in [6, 6.07) is 11.6. The predicted molar refractivity (Wildman–Crippen MR) is 96.8 cm³/mol. The number of nitrogens with zero attached hydrogens (tertiary/aromatic N) is 2. The second-order valence-electron chi connectivity index (χ2n) is 6.13. The van der Waals surface area contributed by atoms with Crippen LogP contribution in [-0.2, 0) is 4.74 Å². The largest absolute Gasteiger partial charge is 0.462 e. The molecule has 3 aromatic rings. The third-order valence-corrected chi connectivity index (χ3v) is 4.52. The number of hydrogen-bond donors (Lipinski definition) is 0. The maximum absolute atomic E-state index is 12.6. The number of esters is 1. The molecule has 1 fully saturated rings. The van der Waals surface area contributed by atoms with E-state index in [0.29, 0.717) is 29.0 Å². The molecule has 1 aliphatic rings. The summed E-state index contributed by atoms with van der Waals surface area (Å²) in [6.45, 7) is 4.16. The van der Waals surface area contributed by atoms with Gasteiger partial charge in [-0.1, -0.05) is 30.3 Å². The van der Waals surface area contributed by atoms with Gasteiger partial charge in [-0.25, -0.2) is 9.78 Å². The van der Waals surface area contributed by atoms with Crippen molar-refractivity contribution >= 4 is 22.8 Å². The Balaban J connectivity index is 1.89. The highest BCUT2D eigenvalue weighted by atomic mass is 16.5. The SMILES string of the molecule is CCOC(=O)c1c(-c2ccccc2)oc2ncc(N3CCCC3)cc12. The van der Waals surface area contributed by atoms with Crippen molar-refractivity contribution in [2.75, 3.05) is 24.6 Å². The van der Waals surface area contributed by atoms with Gasteiger partial charge in [0.2, 0.25) is 5.71 Å². The van der Waals surface area contributed by atoms with E-state index in [1.807, 2.05) is 42.6 Å². The van der Waals surface area contributed by atoms with Crippen LogP contribution >= 0.6 is 0 Å². The van der Waals surface area contributed by atoms with Crippen molar-refractivity contribution in [1.82, 2.24) is 4.98 Å². The predicted octanol–water partition coefficient (Wildman–Crippen LogP) is 4.27. The van der Waals surface area contributed by atoms with Crippen molar-refractivity contribution < 1.29 is 13.9 Å². The van der Waals surface area contributed by atoms with Gasteiger partial charge in [-0.3, -0.25) is 0 Å². The summed E-state index contributed by atoms with van der Waals surface area (Å²) in [7, 11) is 0. The van der Waals surface area contributed by atoms with Crippen molar-refractivity contribution in [3.63, 3.8) is 0 Å². The summed E-state index contributed by atoms with van der Waals surface area (Å²) < 4.78 is 11.2. The molecule has 3 heterocycles. The summed E-state index contributed by atoms with van der Waals surface area (Å²) in [4.78, 5) is 19.4. The molecule has 1 saturated heterocycles. The van der Waals surface area contributed by atoms with E-state index in [1.54, 1.807) is 6.92 Å². The van der Waals surface area contributed by atoms with Crippen LogP contribution in [0.25, 0.3) is 22.4 Å². The van der Waals surface area contributed by atoms with Crippen molar-refractivity contribution in [2.45, 2.75) is 19.8 Å². The average Bonchev–Trinajstić information content (AvgIpc) is 3.30. The molecule has 5 heteroatoms. The van der Waals surface area contributed by atoms with E-state index >= 15 is 0 Å². The van der Waals surface area contributed by atoms with Gasteiger partial charge in [-0.05, 0) is 25.8 Å². The molecule has 0 unspecified atom stereocenters. The van der Waals surface area contributed by atoms with E-state index in [2.05, 4.69) is 9.88 Å². The first-order valence-corrected chi connectivity index (χ1v) is 8.68. The lowest BCUT2D eigenvalue weighted by Crippen LogP contribution is -2.17. The van der Waals surface area contributed by atoms with Gasteiger partial charge in [0.1, 0.15) is 5.56 Å². The summed E-state index contributed by atoms with van der Waals surface area (Å²) in [5.74, 6) is 0.139. The molecule has 1 aliphatic heterocycles. The van der Waals surface area contributed by atoms with Crippen LogP contribution in [-0.4, -0.2) is 30.6 Å². The third-order valence-electron chi connectivity index (χ3n) is 4.52. The van der Waals surface area contributed by atoms with Crippen molar-refractivity contribution in [3.8, 4) is 11.3 Å². The van der Waals surface area contributed by atoms with Gasteiger partial charge in [0, 0.05) is 18.7 Å². The van der Waals surface area contributed by atoms with Crippen LogP contribution in [0.3, 0.4) is 0 Å². The first-order chi connectivity index (χ1) is 12.3. The van der Waals surface area contributed by atoms with Gasteiger partial charge >= 0.3 is 5.97 Å². The van der Waals surface area contributed by atoms with Crippen LogP contribution in [0.15, 0.2) is 47.0 Å². The highest BCUT2D eigenvalue weighted by Gasteiger charge is 2.25. The van der Waals surface area contributed by atoms with E-state index in [-0.39, 0.29) is 5.97 Å². The lowest BCUT2D eigenvalue weighted by Gasteiger charge is -2.16. The van der Waals surface area contributed by atoms with E-state index in [1.165, 1.54) is 12.8 Å². The van der Waals surface area contributed by atoms with Crippen molar-refractivity contribution in [2.24, 2.45) is 0 Å². The topological polar surface area (TPSA) is 55.6 Å². The van der Waals surface area contributed by atoms with Crippen molar-refractivity contribution in [3.05, 3.63) is 48.2 Å². The molecule has 0 atom stereocenters. The molecule has 0 N–H and O–H groups in total. The number of ether oxygens (including phenoxy) is 1. The first-order valence-electron chi connectivity index (χ1n) is 8.68. The molecule has 0 amide bonds. The molecule has 4 rings (SSSR count). The second kappa shape index (κ2) is 6.59. The number of furan rings is 1. The van der Waals surface area contributed by atoms with E-state index in [0.717, 1.165) is 24.3 Å². The fourth-order valence-electron chi connectivity index (χ4n) is 3.32. The fourth-order valence-corrected chi connectivity index (χ4v) is 3.32. The maximum Gasteiger partial charge on any atom is 0.342 e. The van der Waals surface area contributed by atoms with Crippen LogP contribution in [0.5, 0.6) is 0 Å². The number of aromatic nitrogens is 1. The molecule has 0 radical (unpaired) electrons. The quantitative estimate of drug-likeness (QED) is 0.666. The zero-order chi connectivity index (χ0) is 17.2. The average molecular weight is 336 g/mol. The van der Waals surface area contributed by atoms with Gasteiger partial charge in [0.25, 0.3) is 0 Å². The van der Waals surface area contributed by atoms with Crippen LogP contribution in [0.2, 0.25) is 0 Å². The minimum atomic E-state index is -0.375. The molecule has 2 aromatic heterocycles. The minimum Gasteiger partial charge on any atom is -0.462 e. The highest BCUT2D eigenvalue weighted by Crippen LogP contribution is 2.35. The first kappa shape index (κ1) is 15.7. The Bertz CT molecular complexity index is 896. The second-order valence-corrected chi connectivity index (χ2v) is 6.13. The van der Waals surface area contributed by atoms with Gasteiger partial charge in [-0.15, -0.1) is 0 Å². The zero-order valence-electron chi connectivity index (χ0n) is 14.2. The molecule has 25 heavy (non-hydrogen) atoms. The molecule has 0 saturated carbocycles. The number of benzene rings is 1. The Hall–Kier alpha value is -2.82. The number of pyridine rings is 1. The van der Waals surface area contributed by atoms with E-state index < -0.39 is 0 Å². The number of rotatable bonds is 4. The van der Waals surface area contributed by atoms with Gasteiger partial charge in [0.05, 0.1) is 23.9 Å². The lowest BCUT2D eigenvalue weighted by molar-refractivity contribution is 0.0529. The molecule has 128 valence electrons. The van der Waals surface area contributed by atoms with Gasteiger partial charge in [-0.2, -0.15) is 0 Å². The third kappa shape index (κ3) is 2.86. The van der Waals surface area contributed by atoms with Gasteiger partial charge < -0.3 is 14.1 Å². The summed E-state index contributed by atoms with van der Waals surface area (Å²) in [6.07, 6.45) is 4.19. The normalized spacial score (nSPS) is 14.2. The molecule has 0 spiro atoms. The Morgan fingerprint density at radius 3 is 2.72 bits per heavy atom. The number of anilines is 1. The molecule has 1 aromatic carbocycles. The summed E-state index contributed by atoms with van der Waals surface area (Å²) >= 11 is 0. The number of hydrogen-bond acceptors (Lipinski definition) is 5. The molecule has 0 aliphatic carbocycles. The summed E-state index contributed by atoms with van der Waals surface area (Å²) in [5, 5.41) is 0.710. The monoisotopic (exact) mass is 336 g/mol. The molecule has 5 nitrogen and oxygen atoms in total. The minimum absolute atomic E-state index is 0.318. The lowest BCUT2D eigenvalue weighted by atomic mass is 10.1. The smallest absolute Gasteiger partial charge is 0.342 e. The Morgan fingerprint density at radius 1 is 1.24 bits per heavy atom. The number of carbonyl (C=O) groups excluding carboxylic acids is 1. The molecular weight excluding hydrogens is 316 g/mol. The van der Waals surface area contributed by atoms with Crippen LogP contribution in [0, 0.1) is 0 Å². The molecular formula is C20H20N2O3. The Labute approximate surface area is 146 Å². The van der Waals surface area contributed by atoms with E-state index in [4.69, 9.17) is 9.15 Å². The van der Waals surface area contributed by atoms with Crippen LogP contribution in [0.4, 0.5) is 5.69 Å². The fraction of sp³-hybridized carbons (Fsp3) is 0.300. The van der Waals surface area contributed by atoms with E-state index in [9.17, 15) is 4.79 Å². The number of fused-ring (bicyclic) bond motifs is 1. The Kier molecular flexibility index (Phi) is 4.14. The summed E-state index contributed by atoms with van der Waals surface area (Å²) in [5.41, 5.74) is 2.78. The van der Waals surface area contributed by atoms with Crippen LogP contribution < -0.4 is 4.90 Å². The zero-order valence-corrected chi connectivity index (χ0v) is 14.2. The van der Waals surface area contributed by atoms with Crippen molar-refractivity contribution in [1.29, 1.82) is 0 Å². The van der Waals surface area contributed by atoms with Gasteiger partial charge in [0.15, 0.2) is 5.76 Å². The Morgan fingerprint density at radius 2 is 2.00 bits per heavy atom. The maximum atomic E-state index is 12.6. The highest BCUT2D eigenvalue weighted by molar-refractivity contribution is 6.08. The number of carbonyl (C=O) groups is 1. The van der Waals surface area contributed by atoms with Crippen LogP contribution in [0.1, 0.15) is 30.1 Å². The standard InChI is InChI=1S/C20H20N2O3/c1-2-24-20(23)17-16-12-15(22-10-6-7-11-22)13-21-19(16)25-18(17)14-8-4-3-5-9-14/h3-5,8-9,12-13H,2,6-7,10-11H2,1H3. The molecule has 0 bridgehead atoms.